The number of hydrogen-bond donors (Lipinski definition) is 0. The average Bonchev–Trinajstić information content (AvgIpc) is 3.22. The molecule has 0 bridgehead atoms. The minimum absolute atomic E-state index is 0.0965. The molecule has 58 heavy (non-hydrogen) atoms. The van der Waals surface area contributed by atoms with Crippen LogP contribution in [0.4, 0.5) is 0 Å². The van der Waals surface area contributed by atoms with Crippen molar-refractivity contribution in [3.63, 3.8) is 0 Å². The zero-order valence-corrected chi connectivity index (χ0v) is 37.5. The monoisotopic (exact) mass is 807 g/mol. The van der Waals surface area contributed by atoms with Gasteiger partial charge >= 0.3 is 17.9 Å². The average molecular weight is 807 g/mol. The van der Waals surface area contributed by atoms with Crippen LogP contribution in [0.15, 0.2) is 85.1 Å². The minimum Gasteiger partial charge on any atom is -0.462 e. The number of esters is 3. The van der Waals surface area contributed by atoms with Crippen LogP contribution in [0.3, 0.4) is 0 Å². The number of unbranched alkanes of at least 4 members (excludes halogenated alkanes) is 20. The third-order valence-electron chi connectivity index (χ3n) is 9.73. The van der Waals surface area contributed by atoms with Crippen molar-refractivity contribution in [1.29, 1.82) is 0 Å². The van der Waals surface area contributed by atoms with Gasteiger partial charge < -0.3 is 14.2 Å². The molecule has 6 nitrogen and oxygen atoms in total. The second-order valence-corrected chi connectivity index (χ2v) is 15.4. The Hall–Kier alpha value is -3.41. The third-order valence-corrected chi connectivity index (χ3v) is 9.73. The van der Waals surface area contributed by atoms with Gasteiger partial charge in [0, 0.05) is 19.3 Å². The van der Waals surface area contributed by atoms with Gasteiger partial charge in [0.15, 0.2) is 6.10 Å². The van der Waals surface area contributed by atoms with E-state index in [1.54, 1.807) is 0 Å². The molecule has 0 rings (SSSR count). The van der Waals surface area contributed by atoms with Gasteiger partial charge in [0.2, 0.25) is 0 Å². The summed E-state index contributed by atoms with van der Waals surface area (Å²) in [6.45, 7) is 6.36. The van der Waals surface area contributed by atoms with Crippen molar-refractivity contribution in [2.75, 3.05) is 13.2 Å². The van der Waals surface area contributed by atoms with Gasteiger partial charge in [-0.2, -0.15) is 0 Å². The maximum absolute atomic E-state index is 12.7. The van der Waals surface area contributed by atoms with E-state index in [1.807, 2.05) is 24.3 Å². The Morgan fingerprint density at radius 3 is 1.17 bits per heavy atom. The van der Waals surface area contributed by atoms with Gasteiger partial charge in [-0.3, -0.25) is 14.4 Å². The topological polar surface area (TPSA) is 78.9 Å². The van der Waals surface area contributed by atoms with Gasteiger partial charge in [-0.1, -0.05) is 189 Å². The van der Waals surface area contributed by atoms with Gasteiger partial charge in [-0.25, -0.2) is 0 Å². The fraction of sp³-hybridized carbons (Fsp3) is 0.673. The Morgan fingerprint density at radius 1 is 0.362 bits per heavy atom. The maximum Gasteiger partial charge on any atom is 0.306 e. The first-order chi connectivity index (χ1) is 28.5. The van der Waals surface area contributed by atoms with Gasteiger partial charge in [-0.15, -0.1) is 0 Å². The molecule has 0 aliphatic rings. The van der Waals surface area contributed by atoms with E-state index < -0.39 is 6.10 Å². The Morgan fingerprint density at radius 2 is 0.707 bits per heavy atom. The van der Waals surface area contributed by atoms with E-state index >= 15 is 0 Å². The van der Waals surface area contributed by atoms with E-state index in [9.17, 15) is 14.4 Å². The van der Waals surface area contributed by atoms with E-state index in [-0.39, 0.29) is 31.1 Å². The third kappa shape index (κ3) is 43.7. The molecule has 6 heteroatoms. The summed E-state index contributed by atoms with van der Waals surface area (Å²) in [5, 5.41) is 0. The molecule has 0 aromatic rings. The largest absolute Gasteiger partial charge is 0.462 e. The number of carbonyl (C=O) groups excluding carboxylic acids is 3. The van der Waals surface area contributed by atoms with Gasteiger partial charge in [0.1, 0.15) is 13.2 Å². The molecule has 1 unspecified atom stereocenters. The fourth-order valence-corrected chi connectivity index (χ4v) is 6.13. The van der Waals surface area contributed by atoms with Crippen LogP contribution in [-0.2, 0) is 28.6 Å². The summed E-state index contributed by atoms with van der Waals surface area (Å²) in [6.07, 6.45) is 58.4. The predicted molar refractivity (Wildman–Crippen MR) is 247 cm³/mol. The van der Waals surface area contributed by atoms with Crippen molar-refractivity contribution in [1.82, 2.24) is 0 Å². The Bertz CT molecular complexity index is 1160. The second-order valence-electron chi connectivity index (χ2n) is 15.4. The molecule has 330 valence electrons. The smallest absolute Gasteiger partial charge is 0.306 e. The van der Waals surface area contributed by atoms with Crippen LogP contribution in [0.25, 0.3) is 0 Å². The Kier molecular flexibility index (Phi) is 43.6. The van der Waals surface area contributed by atoms with Crippen LogP contribution >= 0.6 is 0 Å². The lowest BCUT2D eigenvalue weighted by Crippen LogP contribution is -2.30. The molecule has 1 atom stereocenters. The quantitative estimate of drug-likeness (QED) is 0.0201. The molecule has 0 spiro atoms. The van der Waals surface area contributed by atoms with E-state index in [4.69, 9.17) is 14.2 Å². The lowest BCUT2D eigenvalue weighted by molar-refractivity contribution is -0.167. The molecule has 0 amide bonds. The van der Waals surface area contributed by atoms with Crippen LogP contribution in [0.1, 0.15) is 207 Å². The Labute approximate surface area is 356 Å². The summed E-state index contributed by atoms with van der Waals surface area (Å²) < 4.78 is 16.7. The summed E-state index contributed by atoms with van der Waals surface area (Å²) in [4.78, 5) is 37.8. The molecule has 0 aliphatic heterocycles. The number of rotatable bonds is 41. The zero-order chi connectivity index (χ0) is 42.3. The first-order valence-electron chi connectivity index (χ1n) is 23.7. The lowest BCUT2D eigenvalue weighted by Gasteiger charge is -2.18. The van der Waals surface area contributed by atoms with Crippen molar-refractivity contribution in [2.24, 2.45) is 0 Å². The van der Waals surface area contributed by atoms with Gasteiger partial charge in [-0.05, 0) is 83.5 Å². The molecule has 0 fully saturated rings. The van der Waals surface area contributed by atoms with Crippen molar-refractivity contribution in [3.8, 4) is 0 Å². The highest BCUT2D eigenvalue weighted by molar-refractivity contribution is 5.71. The Balaban J connectivity index is 4.46. The maximum atomic E-state index is 12.7. The van der Waals surface area contributed by atoms with E-state index in [0.717, 1.165) is 116 Å². The first kappa shape index (κ1) is 54.6. The molecule has 0 radical (unpaired) electrons. The summed E-state index contributed by atoms with van der Waals surface area (Å²) in [5.74, 6) is -0.951. The van der Waals surface area contributed by atoms with E-state index in [1.165, 1.54) is 51.4 Å². The standard InChI is InChI=1S/C52H86O6/c1-4-7-10-13-16-19-22-24-26-28-30-33-36-39-42-45-51(54)57-48-49(47-56-50(53)44-41-38-35-32-21-18-15-12-9-6-3)58-52(55)46-43-40-37-34-31-29-27-25-23-20-17-14-11-8-5-2/h7,10,13,15-20,22-26,49H,4-6,8-9,11-12,14,21,27-48H2,1-3H3/b10-7-,16-13-,18-15-,20-17-,22-19-,25-23-,26-24-. The van der Waals surface area contributed by atoms with Crippen LogP contribution < -0.4 is 0 Å². The number of hydrogen-bond acceptors (Lipinski definition) is 6. The van der Waals surface area contributed by atoms with Crippen LogP contribution in [0.5, 0.6) is 0 Å². The highest BCUT2D eigenvalue weighted by Gasteiger charge is 2.19. The lowest BCUT2D eigenvalue weighted by atomic mass is 10.1. The fourth-order valence-electron chi connectivity index (χ4n) is 6.13. The van der Waals surface area contributed by atoms with Crippen LogP contribution in [0.2, 0.25) is 0 Å². The molecule has 0 saturated heterocycles. The molecule has 0 aromatic heterocycles. The van der Waals surface area contributed by atoms with Crippen LogP contribution in [0, 0.1) is 0 Å². The number of allylic oxidation sites excluding steroid dienone is 14. The molecular weight excluding hydrogens is 721 g/mol. The number of carbonyl (C=O) groups is 3. The molecule has 0 aliphatic carbocycles. The second kappa shape index (κ2) is 46.3. The number of ether oxygens (including phenoxy) is 3. The molecule has 0 aromatic carbocycles. The van der Waals surface area contributed by atoms with E-state index in [0.29, 0.717) is 19.3 Å². The molecular formula is C52H86O6. The van der Waals surface area contributed by atoms with Crippen molar-refractivity contribution < 1.29 is 28.6 Å². The van der Waals surface area contributed by atoms with E-state index in [2.05, 4.69) is 81.5 Å². The highest BCUT2D eigenvalue weighted by atomic mass is 16.6. The molecule has 0 N–H and O–H groups in total. The van der Waals surface area contributed by atoms with Crippen LogP contribution in [-0.4, -0.2) is 37.2 Å². The van der Waals surface area contributed by atoms with Crippen molar-refractivity contribution in [2.45, 2.75) is 213 Å². The molecule has 0 saturated carbocycles. The highest BCUT2D eigenvalue weighted by Crippen LogP contribution is 2.13. The van der Waals surface area contributed by atoms with Gasteiger partial charge in [0.25, 0.3) is 0 Å². The minimum atomic E-state index is -0.795. The normalized spacial score (nSPS) is 12.8. The summed E-state index contributed by atoms with van der Waals surface area (Å²) in [7, 11) is 0. The van der Waals surface area contributed by atoms with Crippen molar-refractivity contribution >= 4 is 17.9 Å². The predicted octanol–water partition coefficient (Wildman–Crippen LogP) is 15.3. The van der Waals surface area contributed by atoms with Crippen molar-refractivity contribution in [3.05, 3.63) is 85.1 Å². The van der Waals surface area contributed by atoms with Gasteiger partial charge in [0.05, 0.1) is 0 Å². The first-order valence-corrected chi connectivity index (χ1v) is 23.7. The summed E-state index contributed by atoms with van der Waals surface area (Å²) >= 11 is 0. The SMILES string of the molecule is CC\C=C/C=C\C=C/C=C\CCCCCCCC(=O)OCC(COC(=O)CCCCCC/C=C\CCCC)OC(=O)CCCCCCCC/C=C\C=C/CCCCC. The zero-order valence-electron chi connectivity index (χ0n) is 37.5. The summed E-state index contributed by atoms with van der Waals surface area (Å²) in [5.41, 5.74) is 0. The summed E-state index contributed by atoms with van der Waals surface area (Å²) in [6, 6.07) is 0. The molecule has 0 heterocycles.